The van der Waals surface area contributed by atoms with Gasteiger partial charge in [-0.25, -0.2) is 4.79 Å². The van der Waals surface area contributed by atoms with Gasteiger partial charge in [0.2, 0.25) is 0 Å². The quantitative estimate of drug-likeness (QED) is 0.366. The molecule has 0 saturated carbocycles. The van der Waals surface area contributed by atoms with E-state index in [-0.39, 0.29) is 26.2 Å². The van der Waals surface area contributed by atoms with Crippen molar-refractivity contribution in [2.75, 3.05) is 19.8 Å². The molecule has 0 rings (SSSR count). The summed E-state index contributed by atoms with van der Waals surface area (Å²) in [7, 11) is -3.61. The molecule has 0 aromatic carbocycles. The van der Waals surface area contributed by atoms with Crippen molar-refractivity contribution in [3.63, 3.8) is 0 Å². The monoisotopic (exact) mass is 280 g/mol. The minimum Gasteiger partial charge on any atom is -0.460 e. The third-order valence-corrected chi connectivity index (χ3v) is 4.77. The number of Topliss-reactive ketones (excluding diaryl/α,β-unsaturated/α-hetero) is 1. The van der Waals surface area contributed by atoms with Gasteiger partial charge in [0.25, 0.3) is 5.78 Å². The van der Waals surface area contributed by atoms with Gasteiger partial charge in [0.1, 0.15) is 5.66 Å². The van der Waals surface area contributed by atoms with Crippen molar-refractivity contribution >= 4 is 19.3 Å². The minimum atomic E-state index is -3.61. The molecule has 0 bridgehead atoms. The van der Waals surface area contributed by atoms with Gasteiger partial charge in [-0.15, -0.1) is 0 Å². The number of carbonyl (C=O) groups excluding carboxylic acids is 2. The van der Waals surface area contributed by atoms with E-state index in [0.29, 0.717) is 0 Å². The van der Waals surface area contributed by atoms with Crippen LogP contribution in [-0.4, -0.2) is 37.2 Å². The SMILES string of the molecule is CCOC(=O)C(=O)C(CC)P(=O)(OCC)OCC. The van der Waals surface area contributed by atoms with Crippen molar-refractivity contribution in [3.05, 3.63) is 0 Å². The fraction of sp³-hybridized carbons (Fsp3) is 0.818. The van der Waals surface area contributed by atoms with Crippen LogP contribution < -0.4 is 0 Å². The maximum atomic E-state index is 12.4. The second-order valence-corrected chi connectivity index (χ2v) is 5.60. The summed E-state index contributed by atoms with van der Waals surface area (Å²) >= 11 is 0. The predicted octanol–water partition coefficient (Wildman–Crippen LogP) is 2.16. The van der Waals surface area contributed by atoms with Gasteiger partial charge in [0, 0.05) is 0 Å². The Bertz CT molecular complexity index is 317. The summed E-state index contributed by atoms with van der Waals surface area (Å²) in [5, 5.41) is 0. The highest BCUT2D eigenvalue weighted by atomic mass is 31.2. The third kappa shape index (κ3) is 4.52. The van der Waals surface area contributed by atoms with Crippen LogP contribution in [0.15, 0.2) is 0 Å². The van der Waals surface area contributed by atoms with Crippen molar-refractivity contribution in [2.45, 2.75) is 39.8 Å². The number of ketones is 1. The van der Waals surface area contributed by atoms with E-state index in [1.54, 1.807) is 27.7 Å². The minimum absolute atomic E-state index is 0.0918. The van der Waals surface area contributed by atoms with Crippen LogP contribution in [0.4, 0.5) is 0 Å². The number of hydrogen-bond donors (Lipinski definition) is 0. The molecule has 0 aliphatic heterocycles. The summed E-state index contributed by atoms with van der Waals surface area (Å²) in [4.78, 5) is 23.2. The highest BCUT2D eigenvalue weighted by Gasteiger charge is 2.42. The van der Waals surface area contributed by atoms with E-state index in [2.05, 4.69) is 4.74 Å². The highest BCUT2D eigenvalue weighted by Crippen LogP contribution is 2.54. The smallest absolute Gasteiger partial charge is 0.375 e. The molecule has 0 aromatic heterocycles. The fourth-order valence-corrected chi connectivity index (χ4v) is 3.46. The standard InChI is InChI=1S/C11H21O6P/c1-5-9(10(12)11(13)15-6-2)18(14,16-7-3)17-8-4/h9H,5-8H2,1-4H3. The lowest BCUT2D eigenvalue weighted by Crippen LogP contribution is -2.31. The molecule has 0 spiro atoms. The van der Waals surface area contributed by atoms with E-state index >= 15 is 0 Å². The Morgan fingerprint density at radius 1 is 1.00 bits per heavy atom. The van der Waals surface area contributed by atoms with Gasteiger partial charge in [-0.3, -0.25) is 9.36 Å². The first-order valence-electron chi connectivity index (χ1n) is 6.06. The van der Waals surface area contributed by atoms with E-state index in [4.69, 9.17) is 9.05 Å². The van der Waals surface area contributed by atoms with Gasteiger partial charge in [-0.1, -0.05) is 6.92 Å². The summed E-state index contributed by atoms with van der Waals surface area (Å²) in [5.41, 5.74) is -1.10. The molecule has 0 aliphatic carbocycles. The van der Waals surface area contributed by atoms with Crippen molar-refractivity contribution in [3.8, 4) is 0 Å². The van der Waals surface area contributed by atoms with Crippen molar-refractivity contribution < 1.29 is 27.9 Å². The second-order valence-electron chi connectivity index (χ2n) is 3.38. The lowest BCUT2D eigenvalue weighted by atomic mass is 10.2. The first-order valence-corrected chi connectivity index (χ1v) is 7.67. The van der Waals surface area contributed by atoms with Crippen molar-refractivity contribution in [1.29, 1.82) is 0 Å². The van der Waals surface area contributed by atoms with Crippen LogP contribution >= 0.6 is 7.60 Å². The molecule has 6 nitrogen and oxygen atoms in total. The Balaban J connectivity index is 5.06. The topological polar surface area (TPSA) is 78.9 Å². The van der Waals surface area contributed by atoms with E-state index in [0.717, 1.165) is 0 Å². The van der Waals surface area contributed by atoms with Gasteiger partial charge in [-0.05, 0) is 27.2 Å². The van der Waals surface area contributed by atoms with E-state index < -0.39 is 25.0 Å². The summed E-state index contributed by atoms with van der Waals surface area (Å²) in [5.74, 6) is -1.85. The summed E-state index contributed by atoms with van der Waals surface area (Å²) < 4.78 is 27.2. The zero-order valence-corrected chi connectivity index (χ0v) is 12.2. The maximum Gasteiger partial charge on any atom is 0.375 e. The maximum absolute atomic E-state index is 12.4. The second kappa shape index (κ2) is 8.40. The van der Waals surface area contributed by atoms with Gasteiger partial charge in [-0.2, -0.15) is 0 Å². The van der Waals surface area contributed by atoms with Crippen LogP contribution in [0.1, 0.15) is 34.1 Å². The molecule has 0 radical (unpaired) electrons. The molecule has 0 aliphatic rings. The highest BCUT2D eigenvalue weighted by molar-refractivity contribution is 7.56. The Labute approximate surface area is 108 Å². The molecule has 1 atom stereocenters. The van der Waals surface area contributed by atoms with Gasteiger partial charge in [0.05, 0.1) is 19.8 Å². The first kappa shape index (κ1) is 17.3. The summed E-state index contributed by atoms with van der Waals surface area (Å²) in [6.07, 6.45) is 0.189. The fourth-order valence-electron chi connectivity index (χ4n) is 1.47. The predicted molar refractivity (Wildman–Crippen MR) is 66.6 cm³/mol. The average molecular weight is 280 g/mol. The van der Waals surface area contributed by atoms with E-state index in [1.165, 1.54) is 0 Å². The first-order chi connectivity index (χ1) is 8.46. The normalized spacial score (nSPS) is 13.1. The molecule has 0 N–H and O–H groups in total. The van der Waals surface area contributed by atoms with Crippen LogP contribution in [0, 0.1) is 0 Å². The number of carbonyl (C=O) groups is 2. The van der Waals surface area contributed by atoms with Crippen molar-refractivity contribution in [1.82, 2.24) is 0 Å². The number of esters is 1. The molecule has 0 aromatic rings. The number of rotatable bonds is 9. The Hall–Kier alpha value is -0.710. The molecule has 106 valence electrons. The van der Waals surface area contributed by atoms with Gasteiger partial charge in [0.15, 0.2) is 0 Å². The van der Waals surface area contributed by atoms with Crippen LogP contribution in [0.2, 0.25) is 0 Å². The molecular weight excluding hydrogens is 259 g/mol. The third-order valence-electron chi connectivity index (χ3n) is 2.17. The van der Waals surface area contributed by atoms with E-state index in [1.807, 2.05) is 0 Å². The molecule has 7 heteroatoms. The lowest BCUT2D eigenvalue weighted by molar-refractivity contribution is -0.153. The molecule has 18 heavy (non-hydrogen) atoms. The Kier molecular flexibility index (Phi) is 8.07. The van der Waals surface area contributed by atoms with Gasteiger partial charge >= 0.3 is 13.6 Å². The summed E-state index contributed by atoms with van der Waals surface area (Å²) in [6, 6.07) is 0. The molecular formula is C11H21O6P. The molecule has 0 fully saturated rings. The zero-order chi connectivity index (χ0) is 14.2. The molecule has 1 unspecified atom stereocenters. The van der Waals surface area contributed by atoms with Crippen molar-refractivity contribution in [2.24, 2.45) is 0 Å². The molecule has 0 saturated heterocycles. The molecule has 0 amide bonds. The zero-order valence-electron chi connectivity index (χ0n) is 11.3. The van der Waals surface area contributed by atoms with Crippen LogP contribution in [-0.2, 0) is 27.9 Å². The van der Waals surface area contributed by atoms with Crippen LogP contribution in [0.25, 0.3) is 0 Å². The number of ether oxygens (including phenoxy) is 1. The largest absolute Gasteiger partial charge is 0.460 e. The lowest BCUT2D eigenvalue weighted by Gasteiger charge is -2.23. The van der Waals surface area contributed by atoms with Gasteiger partial charge < -0.3 is 13.8 Å². The number of hydrogen-bond acceptors (Lipinski definition) is 6. The van der Waals surface area contributed by atoms with Crippen LogP contribution in [0.3, 0.4) is 0 Å². The average Bonchev–Trinajstić information content (AvgIpc) is 2.30. The summed E-state index contributed by atoms with van der Waals surface area (Å²) in [6.45, 7) is 6.91. The van der Waals surface area contributed by atoms with Crippen LogP contribution in [0.5, 0.6) is 0 Å². The Morgan fingerprint density at radius 3 is 1.83 bits per heavy atom. The van der Waals surface area contributed by atoms with E-state index in [9.17, 15) is 14.2 Å². The Morgan fingerprint density at radius 2 is 1.50 bits per heavy atom. The molecule has 0 heterocycles.